The summed E-state index contributed by atoms with van der Waals surface area (Å²) in [6, 6.07) is 10.7. The van der Waals surface area contributed by atoms with Crippen LogP contribution in [-0.2, 0) is 16.1 Å². The van der Waals surface area contributed by atoms with Gasteiger partial charge in [-0.1, -0.05) is 12.1 Å². The Morgan fingerprint density at radius 2 is 2.04 bits per heavy atom. The fourth-order valence-electron chi connectivity index (χ4n) is 3.94. The van der Waals surface area contributed by atoms with Gasteiger partial charge in [0.1, 0.15) is 11.4 Å². The van der Waals surface area contributed by atoms with E-state index in [2.05, 4.69) is 5.32 Å². The fourth-order valence-corrected chi connectivity index (χ4v) is 3.94. The first-order valence-electron chi connectivity index (χ1n) is 9.04. The molecule has 3 amide bonds. The summed E-state index contributed by atoms with van der Waals surface area (Å²) in [6.07, 6.45) is 2.66. The van der Waals surface area contributed by atoms with Gasteiger partial charge in [0, 0.05) is 19.4 Å². The van der Waals surface area contributed by atoms with Gasteiger partial charge >= 0.3 is 0 Å². The van der Waals surface area contributed by atoms with Gasteiger partial charge in [0.15, 0.2) is 0 Å². The Labute approximate surface area is 156 Å². The maximum atomic E-state index is 13.1. The molecule has 27 heavy (non-hydrogen) atoms. The zero-order valence-corrected chi connectivity index (χ0v) is 15.1. The zero-order valence-electron chi connectivity index (χ0n) is 15.1. The molecule has 0 saturated carbocycles. The summed E-state index contributed by atoms with van der Waals surface area (Å²) in [5, 5.41) is 2.79. The minimum Gasteiger partial charge on any atom is -0.467 e. The van der Waals surface area contributed by atoms with Crippen LogP contribution in [0.2, 0.25) is 0 Å². The minimum atomic E-state index is -0.732. The van der Waals surface area contributed by atoms with E-state index in [0.717, 1.165) is 0 Å². The Morgan fingerprint density at radius 1 is 1.22 bits per heavy atom. The molecular formula is C20H21N3O4. The number of benzene rings is 1. The first kappa shape index (κ1) is 17.3. The third kappa shape index (κ3) is 2.89. The molecule has 7 nitrogen and oxygen atoms in total. The summed E-state index contributed by atoms with van der Waals surface area (Å²) < 4.78 is 5.20. The zero-order chi connectivity index (χ0) is 19.0. The van der Waals surface area contributed by atoms with Crippen LogP contribution in [0.1, 0.15) is 42.3 Å². The van der Waals surface area contributed by atoms with Crippen molar-refractivity contribution in [2.45, 2.75) is 38.4 Å². The predicted molar refractivity (Wildman–Crippen MR) is 97.8 cm³/mol. The molecule has 1 aromatic carbocycles. The van der Waals surface area contributed by atoms with Crippen molar-refractivity contribution >= 4 is 23.4 Å². The molecule has 2 aromatic rings. The van der Waals surface area contributed by atoms with E-state index in [0.29, 0.717) is 36.4 Å². The van der Waals surface area contributed by atoms with Crippen molar-refractivity contribution in [3.8, 4) is 0 Å². The number of nitrogens with zero attached hydrogens (tertiary/aromatic N) is 2. The quantitative estimate of drug-likeness (QED) is 0.879. The van der Waals surface area contributed by atoms with Crippen LogP contribution in [0.15, 0.2) is 47.1 Å². The largest absolute Gasteiger partial charge is 0.467 e. The van der Waals surface area contributed by atoms with Crippen LogP contribution < -0.4 is 10.2 Å². The maximum Gasteiger partial charge on any atom is 0.257 e. The molecule has 2 aliphatic heterocycles. The number of rotatable bonds is 5. The second kappa shape index (κ2) is 6.57. The molecule has 0 aliphatic carbocycles. The number of para-hydroxylation sites is 1. The van der Waals surface area contributed by atoms with Gasteiger partial charge in [0.05, 0.1) is 24.1 Å². The summed E-state index contributed by atoms with van der Waals surface area (Å²) in [6.45, 7) is 2.45. The maximum absolute atomic E-state index is 13.1. The lowest BCUT2D eigenvalue weighted by Gasteiger charge is -2.48. The molecule has 1 fully saturated rings. The predicted octanol–water partition coefficient (Wildman–Crippen LogP) is 2.28. The van der Waals surface area contributed by atoms with Gasteiger partial charge in [0.25, 0.3) is 5.91 Å². The smallest absolute Gasteiger partial charge is 0.257 e. The molecule has 1 unspecified atom stereocenters. The normalized spacial score (nSPS) is 21.2. The Morgan fingerprint density at radius 3 is 2.81 bits per heavy atom. The first-order chi connectivity index (χ1) is 13.0. The van der Waals surface area contributed by atoms with E-state index in [9.17, 15) is 14.4 Å². The second-order valence-electron chi connectivity index (χ2n) is 7.03. The number of fused-ring (bicyclic) bond motifs is 3. The number of hydrogen-bond donors (Lipinski definition) is 1. The van der Waals surface area contributed by atoms with Gasteiger partial charge in [-0.15, -0.1) is 0 Å². The van der Waals surface area contributed by atoms with E-state index in [-0.39, 0.29) is 30.7 Å². The second-order valence-corrected chi connectivity index (χ2v) is 7.03. The molecule has 1 atom stereocenters. The molecule has 0 radical (unpaired) electrons. The summed E-state index contributed by atoms with van der Waals surface area (Å²) >= 11 is 0. The van der Waals surface area contributed by atoms with Crippen molar-refractivity contribution < 1.29 is 18.8 Å². The highest BCUT2D eigenvalue weighted by Crippen LogP contribution is 2.43. The monoisotopic (exact) mass is 367 g/mol. The van der Waals surface area contributed by atoms with Crippen LogP contribution >= 0.6 is 0 Å². The molecular weight excluding hydrogens is 346 g/mol. The van der Waals surface area contributed by atoms with Crippen molar-refractivity contribution in [3.05, 3.63) is 54.0 Å². The minimum absolute atomic E-state index is 0.00437. The molecule has 0 bridgehead atoms. The molecule has 1 aromatic heterocycles. The van der Waals surface area contributed by atoms with Gasteiger partial charge in [-0.25, -0.2) is 0 Å². The van der Waals surface area contributed by atoms with Crippen LogP contribution in [0.25, 0.3) is 0 Å². The average Bonchev–Trinajstić information content (AvgIpc) is 3.28. The molecule has 7 heteroatoms. The van der Waals surface area contributed by atoms with Crippen LogP contribution in [0, 0.1) is 0 Å². The van der Waals surface area contributed by atoms with Crippen LogP contribution in [0.5, 0.6) is 0 Å². The molecule has 0 spiro atoms. The van der Waals surface area contributed by atoms with Crippen molar-refractivity contribution in [1.29, 1.82) is 0 Å². The van der Waals surface area contributed by atoms with Crippen molar-refractivity contribution in [3.63, 3.8) is 0 Å². The van der Waals surface area contributed by atoms with Crippen LogP contribution in [0.4, 0.5) is 5.69 Å². The molecule has 140 valence electrons. The average molecular weight is 367 g/mol. The Balaban J connectivity index is 1.51. The lowest BCUT2D eigenvalue weighted by Crippen LogP contribution is -2.62. The van der Waals surface area contributed by atoms with E-state index in [1.54, 1.807) is 40.3 Å². The third-order valence-electron chi connectivity index (χ3n) is 5.35. The van der Waals surface area contributed by atoms with Crippen molar-refractivity contribution in [2.75, 3.05) is 11.4 Å². The number of carbonyl (C=O) groups excluding carboxylic acids is 3. The van der Waals surface area contributed by atoms with Gasteiger partial charge < -0.3 is 14.6 Å². The highest BCUT2D eigenvalue weighted by molar-refractivity contribution is 6.10. The summed E-state index contributed by atoms with van der Waals surface area (Å²) in [5.74, 6) is 0.367. The number of hydrogen-bond acceptors (Lipinski definition) is 4. The lowest BCUT2D eigenvalue weighted by molar-refractivity contribution is -0.121. The highest BCUT2D eigenvalue weighted by Gasteiger charge is 2.52. The van der Waals surface area contributed by atoms with Crippen molar-refractivity contribution in [2.24, 2.45) is 0 Å². The van der Waals surface area contributed by atoms with E-state index < -0.39 is 5.66 Å². The van der Waals surface area contributed by atoms with E-state index >= 15 is 0 Å². The standard InChI is InChI=1S/C20H21N3O4/c1-20-10-8-18(25)23(20)16-7-3-2-6-15(16)19(26)22(20)11-9-17(24)21-13-14-5-4-12-27-14/h2-7,12H,8-11,13H2,1H3,(H,21,24). The highest BCUT2D eigenvalue weighted by atomic mass is 16.3. The van der Waals surface area contributed by atoms with Gasteiger partial charge in [-0.05, 0) is 37.6 Å². The molecule has 1 N–H and O–H groups in total. The lowest BCUT2D eigenvalue weighted by atomic mass is 9.98. The van der Waals surface area contributed by atoms with E-state index in [1.165, 1.54) is 0 Å². The fraction of sp³-hybridized carbons (Fsp3) is 0.350. The summed E-state index contributed by atoms with van der Waals surface area (Å²) in [7, 11) is 0. The Bertz CT molecular complexity index is 892. The third-order valence-corrected chi connectivity index (χ3v) is 5.35. The molecule has 2 aliphatic rings. The number of furan rings is 1. The SMILES string of the molecule is CC12CCC(=O)N1c1ccccc1C(=O)N2CCC(=O)NCc1ccco1. The van der Waals surface area contributed by atoms with Gasteiger partial charge in [-0.3, -0.25) is 19.3 Å². The summed E-state index contributed by atoms with van der Waals surface area (Å²) in [5.41, 5.74) is 0.427. The molecule has 4 rings (SSSR count). The number of carbonyl (C=O) groups is 3. The van der Waals surface area contributed by atoms with Gasteiger partial charge in [-0.2, -0.15) is 0 Å². The molecule has 1 saturated heterocycles. The number of anilines is 1. The van der Waals surface area contributed by atoms with Crippen LogP contribution in [-0.4, -0.2) is 34.8 Å². The molecule has 3 heterocycles. The Hall–Kier alpha value is -3.09. The summed E-state index contributed by atoms with van der Waals surface area (Å²) in [4.78, 5) is 41.2. The van der Waals surface area contributed by atoms with E-state index in [1.807, 2.05) is 19.1 Å². The topological polar surface area (TPSA) is 82.9 Å². The van der Waals surface area contributed by atoms with Gasteiger partial charge in [0.2, 0.25) is 11.8 Å². The Kier molecular flexibility index (Phi) is 4.22. The number of nitrogens with one attached hydrogen (secondary N) is 1. The van der Waals surface area contributed by atoms with Crippen molar-refractivity contribution in [1.82, 2.24) is 10.2 Å². The number of amides is 3. The first-order valence-corrected chi connectivity index (χ1v) is 9.04. The van der Waals surface area contributed by atoms with E-state index in [4.69, 9.17) is 4.42 Å². The van der Waals surface area contributed by atoms with Crippen LogP contribution in [0.3, 0.4) is 0 Å².